The third-order valence-electron chi connectivity index (χ3n) is 11.7. The Hall–Kier alpha value is -1.48. The molecule has 1 saturated carbocycles. The fraction of sp³-hybridized carbons (Fsp3) is 0.854. The topological polar surface area (TPSA) is 226 Å². The Morgan fingerprint density at radius 2 is 0.984 bits per heavy atom. The molecule has 0 aromatic rings. The molecule has 0 aliphatic heterocycles. The summed E-state index contributed by atoms with van der Waals surface area (Å²) in [5, 5.41) is 74.4. The van der Waals surface area contributed by atoms with Crippen LogP contribution in [-0.2, 0) is 18.4 Å². The van der Waals surface area contributed by atoms with Crippen LogP contribution >= 0.6 is 7.82 Å². The number of phosphoric acid groups is 1. The molecule has 8 unspecified atom stereocenters. The van der Waals surface area contributed by atoms with Crippen LogP contribution in [0, 0.1) is 0 Å². The molecule has 1 rings (SSSR count). The second kappa shape index (κ2) is 37.7. The van der Waals surface area contributed by atoms with Gasteiger partial charge in [-0.2, -0.15) is 0 Å². The Morgan fingerprint density at radius 3 is 1.45 bits per heavy atom. The predicted molar refractivity (Wildman–Crippen MR) is 247 cm³/mol. The average molecular weight is 904 g/mol. The zero-order valence-electron chi connectivity index (χ0n) is 38.5. The number of rotatable bonds is 40. The third kappa shape index (κ3) is 29.1. The molecular formula is C48H90NO12P. The number of nitrogens with one attached hydrogen (secondary N) is 1. The van der Waals surface area contributed by atoms with Crippen LogP contribution in [-0.4, -0.2) is 108 Å². The van der Waals surface area contributed by atoms with E-state index in [4.69, 9.17) is 9.05 Å². The molecule has 1 fully saturated rings. The summed E-state index contributed by atoms with van der Waals surface area (Å²) >= 11 is 0. The molecule has 364 valence electrons. The van der Waals surface area contributed by atoms with Crippen molar-refractivity contribution >= 4 is 13.7 Å². The number of carbonyl (C=O) groups excluding carboxylic acids is 1. The third-order valence-corrected chi connectivity index (χ3v) is 12.7. The number of hydrogen-bond acceptors (Lipinski definition) is 11. The quantitative estimate of drug-likeness (QED) is 0.0160. The molecule has 0 radical (unpaired) electrons. The summed E-state index contributed by atoms with van der Waals surface area (Å²) in [5.41, 5.74) is 0. The number of phosphoric ester groups is 1. The summed E-state index contributed by atoms with van der Waals surface area (Å²) in [6.07, 6.45) is 29.6. The molecule has 1 aliphatic rings. The number of amides is 1. The molecule has 14 heteroatoms. The van der Waals surface area contributed by atoms with Gasteiger partial charge in [0.1, 0.15) is 36.6 Å². The van der Waals surface area contributed by atoms with Crippen LogP contribution in [0.2, 0.25) is 0 Å². The fourth-order valence-corrected chi connectivity index (χ4v) is 8.65. The van der Waals surface area contributed by atoms with Gasteiger partial charge in [-0.15, -0.1) is 0 Å². The van der Waals surface area contributed by atoms with Crippen molar-refractivity contribution in [3.05, 3.63) is 36.5 Å². The Labute approximate surface area is 375 Å². The highest BCUT2D eigenvalue weighted by Gasteiger charge is 2.51. The molecule has 0 heterocycles. The van der Waals surface area contributed by atoms with E-state index in [0.29, 0.717) is 12.8 Å². The normalized spacial score (nSPS) is 23.3. The van der Waals surface area contributed by atoms with Crippen LogP contribution in [0.5, 0.6) is 0 Å². The van der Waals surface area contributed by atoms with E-state index >= 15 is 0 Å². The Bertz CT molecular complexity index is 1200. The smallest absolute Gasteiger partial charge is 0.393 e. The monoisotopic (exact) mass is 904 g/mol. The Balaban J connectivity index is 2.46. The van der Waals surface area contributed by atoms with Crippen molar-refractivity contribution in [2.75, 3.05) is 6.61 Å². The number of aliphatic hydroxyl groups is 7. The summed E-state index contributed by atoms with van der Waals surface area (Å²) in [6, 6.07) is -1.24. The van der Waals surface area contributed by atoms with Crippen molar-refractivity contribution in [2.24, 2.45) is 0 Å². The van der Waals surface area contributed by atoms with Gasteiger partial charge in [0.2, 0.25) is 5.91 Å². The highest BCUT2D eigenvalue weighted by molar-refractivity contribution is 7.47. The lowest BCUT2D eigenvalue weighted by Gasteiger charge is -2.41. The van der Waals surface area contributed by atoms with Crippen LogP contribution in [0.25, 0.3) is 0 Å². The van der Waals surface area contributed by atoms with Crippen LogP contribution < -0.4 is 5.32 Å². The van der Waals surface area contributed by atoms with Crippen molar-refractivity contribution in [1.29, 1.82) is 0 Å². The van der Waals surface area contributed by atoms with E-state index in [1.165, 1.54) is 109 Å². The molecule has 1 amide bonds. The Morgan fingerprint density at radius 1 is 0.581 bits per heavy atom. The first-order valence-corrected chi connectivity index (χ1v) is 26.0. The van der Waals surface area contributed by atoms with Crippen LogP contribution in [0.15, 0.2) is 36.5 Å². The standard InChI is InChI=1S/C48H90NO12P/c1-3-5-7-9-11-13-15-16-17-18-19-20-21-22-23-24-26-27-29-31-33-35-39(50)37-42(52)49-40(41(51)36-34-32-30-28-25-14-12-10-8-6-4-2)38-60-62(58,59)61-48-46(56)44(54)43(53)45(55)47(48)57/h19-20,22-23,34,36,39-41,43-48,50-51,53-57H,3-18,21,24-33,35,37-38H2,1-2H3,(H,49,52)(H,58,59)/b20-19-,23-22-,36-34+. The van der Waals surface area contributed by atoms with Gasteiger partial charge in [0.05, 0.1) is 31.3 Å². The van der Waals surface area contributed by atoms with Gasteiger partial charge in [0, 0.05) is 0 Å². The average Bonchev–Trinajstić information content (AvgIpc) is 3.24. The van der Waals surface area contributed by atoms with Gasteiger partial charge in [-0.25, -0.2) is 4.57 Å². The molecule has 0 aromatic carbocycles. The summed E-state index contributed by atoms with van der Waals surface area (Å²) in [4.78, 5) is 23.4. The highest BCUT2D eigenvalue weighted by atomic mass is 31.2. The van der Waals surface area contributed by atoms with Gasteiger partial charge in [0.25, 0.3) is 0 Å². The van der Waals surface area contributed by atoms with E-state index < -0.39 is 75.2 Å². The second-order valence-electron chi connectivity index (χ2n) is 17.5. The van der Waals surface area contributed by atoms with E-state index in [2.05, 4.69) is 43.5 Å². The molecule has 0 aromatic heterocycles. The maximum atomic E-state index is 13.0. The first kappa shape index (κ1) is 58.5. The van der Waals surface area contributed by atoms with E-state index in [0.717, 1.165) is 64.2 Å². The number of allylic oxidation sites excluding steroid dienone is 5. The van der Waals surface area contributed by atoms with Crippen LogP contribution in [0.4, 0.5) is 0 Å². The molecule has 1 aliphatic carbocycles. The molecule has 62 heavy (non-hydrogen) atoms. The van der Waals surface area contributed by atoms with Crippen LogP contribution in [0.1, 0.15) is 200 Å². The van der Waals surface area contributed by atoms with Gasteiger partial charge in [-0.05, 0) is 51.4 Å². The first-order chi connectivity index (χ1) is 29.8. The lowest BCUT2D eigenvalue weighted by molar-refractivity contribution is -0.220. The first-order valence-electron chi connectivity index (χ1n) is 24.5. The summed E-state index contributed by atoms with van der Waals surface area (Å²) in [5.74, 6) is -0.602. The molecule has 0 spiro atoms. The van der Waals surface area contributed by atoms with Gasteiger partial charge >= 0.3 is 7.82 Å². The molecule has 13 nitrogen and oxygen atoms in total. The maximum Gasteiger partial charge on any atom is 0.472 e. The number of aliphatic hydroxyl groups excluding tert-OH is 7. The number of unbranched alkanes of at least 4 members (excludes halogenated alkanes) is 23. The van der Waals surface area contributed by atoms with Gasteiger partial charge in [-0.3, -0.25) is 13.8 Å². The van der Waals surface area contributed by atoms with Crippen molar-refractivity contribution < 1.29 is 59.0 Å². The van der Waals surface area contributed by atoms with Crippen molar-refractivity contribution in [3.8, 4) is 0 Å². The minimum absolute atomic E-state index is 0.254. The van der Waals surface area contributed by atoms with E-state index in [1.54, 1.807) is 6.08 Å². The minimum Gasteiger partial charge on any atom is -0.393 e. The van der Waals surface area contributed by atoms with E-state index in [1.807, 2.05) is 0 Å². The highest BCUT2D eigenvalue weighted by Crippen LogP contribution is 2.47. The van der Waals surface area contributed by atoms with Crippen molar-refractivity contribution in [3.63, 3.8) is 0 Å². The fourth-order valence-electron chi connectivity index (χ4n) is 7.68. The molecular weight excluding hydrogens is 813 g/mol. The molecule has 9 N–H and O–H groups in total. The number of carbonyl (C=O) groups is 1. The SMILES string of the molecule is CCCCCCCCCCC/C=C\C/C=C\CCCCCCCC(O)CC(=O)NC(COP(=O)(O)OC1C(O)C(O)C(O)C(O)C1O)C(O)/C=C/CCCCCCCCCCC. The molecule has 0 saturated heterocycles. The lowest BCUT2D eigenvalue weighted by atomic mass is 9.85. The molecule has 0 bridgehead atoms. The van der Waals surface area contributed by atoms with Gasteiger partial charge < -0.3 is 46.0 Å². The Kier molecular flexibility index (Phi) is 35.6. The van der Waals surface area contributed by atoms with E-state index in [9.17, 15) is 50.0 Å². The minimum atomic E-state index is -5.14. The summed E-state index contributed by atoms with van der Waals surface area (Å²) < 4.78 is 22.8. The zero-order chi connectivity index (χ0) is 45.9. The van der Waals surface area contributed by atoms with E-state index in [-0.39, 0.29) is 6.42 Å². The number of hydrogen-bond donors (Lipinski definition) is 9. The maximum absolute atomic E-state index is 13.0. The van der Waals surface area contributed by atoms with Gasteiger partial charge in [0.15, 0.2) is 0 Å². The predicted octanol–water partition coefficient (Wildman–Crippen LogP) is 8.53. The van der Waals surface area contributed by atoms with Crippen molar-refractivity contribution in [2.45, 2.75) is 255 Å². The second-order valence-corrected chi connectivity index (χ2v) is 18.9. The largest absolute Gasteiger partial charge is 0.472 e. The molecule has 8 atom stereocenters. The van der Waals surface area contributed by atoms with Gasteiger partial charge in [-0.1, -0.05) is 179 Å². The summed E-state index contributed by atoms with van der Waals surface area (Å²) in [7, 11) is -5.14. The van der Waals surface area contributed by atoms with Crippen molar-refractivity contribution in [1.82, 2.24) is 5.32 Å². The zero-order valence-corrected chi connectivity index (χ0v) is 39.4. The van der Waals surface area contributed by atoms with Crippen LogP contribution in [0.3, 0.4) is 0 Å². The lowest BCUT2D eigenvalue weighted by Crippen LogP contribution is -2.64. The summed E-state index contributed by atoms with van der Waals surface area (Å²) in [6.45, 7) is 3.72.